The second-order valence-corrected chi connectivity index (χ2v) is 11.8. The van der Waals surface area contributed by atoms with Crippen LogP contribution in [0.2, 0.25) is 0 Å². The van der Waals surface area contributed by atoms with Crippen LogP contribution in [0.15, 0.2) is 48.6 Å². The van der Waals surface area contributed by atoms with E-state index in [1.165, 1.54) is 36.6 Å². The fourth-order valence-electron chi connectivity index (χ4n) is 8.89. The highest BCUT2D eigenvalue weighted by atomic mass is 16.6. The highest BCUT2D eigenvalue weighted by Crippen LogP contribution is 2.69. The number of benzene rings is 2. The Morgan fingerprint density at radius 1 is 0.875 bits per heavy atom. The summed E-state index contributed by atoms with van der Waals surface area (Å²) in [6, 6.07) is 13.0. The molecule has 0 aliphatic heterocycles. The van der Waals surface area contributed by atoms with Gasteiger partial charge in [0, 0.05) is 0 Å². The molecule has 0 heterocycles. The van der Waals surface area contributed by atoms with Gasteiger partial charge in [-0.3, -0.25) is 0 Å². The molecule has 2 nitrogen and oxygen atoms in total. The normalized spacial score (nSPS) is 38.3. The number of rotatable bonds is 3. The van der Waals surface area contributed by atoms with Crippen LogP contribution in [0.1, 0.15) is 80.1 Å². The van der Waals surface area contributed by atoms with Crippen molar-refractivity contribution in [2.24, 2.45) is 35.5 Å². The molecule has 4 bridgehead atoms. The highest BCUT2D eigenvalue weighted by Gasteiger charge is 2.61. The minimum absolute atomic E-state index is 0.136. The Kier molecular flexibility index (Phi) is 4.21. The van der Waals surface area contributed by atoms with Crippen molar-refractivity contribution in [3.8, 4) is 0 Å². The van der Waals surface area contributed by atoms with E-state index in [0.717, 1.165) is 72.1 Å². The van der Waals surface area contributed by atoms with E-state index in [9.17, 15) is 4.79 Å². The summed E-state index contributed by atoms with van der Waals surface area (Å²) >= 11 is 0. The lowest BCUT2D eigenvalue weighted by Gasteiger charge is -2.37. The molecule has 2 aromatic rings. The van der Waals surface area contributed by atoms with E-state index in [2.05, 4.69) is 49.4 Å². The van der Waals surface area contributed by atoms with E-state index in [4.69, 9.17) is 4.74 Å². The zero-order chi connectivity index (χ0) is 21.4. The second-order valence-electron chi connectivity index (χ2n) is 11.8. The molecule has 0 amide bonds. The molecule has 5 aliphatic carbocycles. The van der Waals surface area contributed by atoms with Gasteiger partial charge in [-0.05, 0) is 116 Å². The monoisotopic (exact) mass is 426 g/mol. The largest absolute Gasteiger partial charge is 0.456 e. The van der Waals surface area contributed by atoms with Gasteiger partial charge >= 0.3 is 5.97 Å². The third-order valence-corrected chi connectivity index (χ3v) is 10.1. The molecule has 5 aliphatic rings. The molecule has 0 saturated heterocycles. The van der Waals surface area contributed by atoms with Crippen molar-refractivity contribution >= 4 is 16.7 Å². The summed E-state index contributed by atoms with van der Waals surface area (Å²) in [6.45, 7) is 2.12. The number of allylic oxidation sites excluding steroid dienone is 2. The lowest BCUT2D eigenvalue weighted by molar-refractivity contribution is -0.0267. The summed E-state index contributed by atoms with van der Waals surface area (Å²) < 4.78 is 6.13. The quantitative estimate of drug-likeness (QED) is 0.293. The van der Waals surface area contributed by atoms with Crippen molar-refractivity contribution in [3.05, 3.63) is 59.7 Å². The predicted molar refractivity (Wildman–Crippen MR) is 128 cm³/mol. The Hall–Kier alpha value is -2.09. The molecular formula is C30H34O2. The maximum Gasteiger partial charge on any atom is 0.339 e. The first-order valence-corrected chi connectivity index (χ1v) is 13.0. The number of hydrogen-bond donors (Lipinski definition) is 0. The van der Waals surface area contributed by atoms with Crippen molar-refractivity contribution in [2.45, 2.75) is 69.8 Å². The van der Waals surface area contributed by atoms with Crippen molar-refractivity contribution < 1.29 is 9.53 Å². The Morgan fingerprint density at radius 2 is 1.62 bits per heavy atom. The summed E-state index contributed by atoms with van der Waals surface area (Å²) in [6.07, 6.45) is 14.8. The second kappa shape index (κ2) is 6.95. The van der Waals surface area contributed by atoms with Gasteiger partial charge in [0.25, 0.3) is 0 Å². The maximum absolute atomic E-state index is 13.3. The summed E-state index contributed by atoms with van der Waals surface area (Å²) in [5.41, 5.74) is 1.93. The van der Waals surface area contributed by atoms with E-state index < -0.39 is 0 Å². The molecule has 0 spiro atoms. The van der Waals surface area contributed by atoms with Gasteiger partial charge in [-0.25, -0.2) is 4.79 Å². The average Bonchev–Trinajstić information content (AvgIpc) is 3.58. The molecule has 166 valence electrons. The molecule has 32 heavy (non-hydrogen) atoms. The van der Waals surface area contributed by atoms with Crippen LogP contribution in [-0.4, -0.2) is 11.6 Å². The molecule has 4 fully saturated rings. The van der Waals surface area contributed by atoms with Crippen LogP contribution in [0.25, 0.3) is 10.8 Å². The van der Waals surface area contributed by atoms with Crippen molar-refractivity contribution in [1.29, 1.82) is 0 Å². The lowest BCUT2D eigenvalue weighted by Crippen LogP contribution is -2.34. The summed E-state index contributed by atoms with van der Waals surface area (Å²) in [7, 11) is 0. The molecule has 0 radical (unpaired) electrons. The van der Waals surface area contributed by atoms with Crippen LogP contribution in [0.3, 0.4) is 0 Å². The van der Waals surface area contributed by atoms with Crippen LogP contribution in [0.5, 0.6) is 0 Å². The third kappa shape index (κ3) is 2.74. The summed E-state index contributed by atoms with van der Waals surface area (Å²) in [5.74, 6) is 5.82. The van der Waals surface area contributed by atoms with Gasteiger partial charge in [-0.15, -0.1) is 0 Å². The molecule has 7 atom stereocenters. The Morgan fingerprint density at radius 3 is 2.47 bits per heavy atom. The van der Waals surface area contributed by atoms with E-state index in [-0.39, 0.29) is 11.6 Å². The van der Waals surface area contributed by atoms with Gasteiger partial charge < -0.3 is 4.74 Å². The van der Waals surface area contributed by atoms with E-state index >= 15 is 0 Å². The van der Waals surface area contributed by atoms with Crippen molar-refractivity contribution in [1.82, 2.24) is 0 Å². The fraction of sp³-hybridized carbons (Fsp3) is 0.567. The van der Waals surface area contributed by atoms with Gasteiger partial charge in [0.1, 0.15) is 5.60 Å². The molecular weight excluding hydrogens is 392 g/mol. The summed E-state index contributed by atoms with van der Waals surface area (Å²) in [5, 5.41) is 2.37. The van der Waals surface area contributed by atoms with E-state index in [1.54, 1.807) is 0 Å². The Labute approximate surface area is 191 Å². The Balaban J connectivity index is 1.22. The molecule has 2 heteroatoms. The molecule has 0 aromatic heterocycles. The predicted octanol–water partition coefficient (Wildman–Crippen LogP) is 7.28. The van der Waals surface area contributed by atoms with Gasteiger partial charge in [-0.1, -0.05) is 48.9 Å². The van der Waals surface area contributed by atoms with Gasteiger partial charge in [0.15, 0.2) is 0 Å². The van der Waals surface area contributed by atoms with Crippen LogP contribution in [0.4, 0.5) is 0 Å². The van der Waals surface area contributed by atoms with Crippen LogP contribution >= 0.6 is 0 Å². The standard InChI is InChI=1S/C30H34O2/c1-30(13-3-2-4-14-30)32-29(31)24-10-6-7-21-22(24)8-5-9-23(21)25-16-20-17-26(25)28-19-12-11-18(15-19)27(20)28/h5-12,18-20,25-28H,2-4,13-17H2,1H3. The molecule has 4 saturated carbocycles. The summed E-state index contributed by atoms with van der Waals surface area (Å²) in [4.78, 5) is 13.3. The first-order valence-electron chi connectivity index (χ1n) is 13.0. The van der Waals surface area contributed by atoms with Gasteiger partial charge in [-0.2, -0.15) is 0 Å². The van der Waals surface area contributed by atoms with E-state index in [0.29, 0.717) is 5.92 Å². The first kappa shape index (κ1) is 19.4. The molecule has 7 rings (SSSR count). The zero-order valence-corrected chi connectivity index (χ0v) is 19.1. The number of fused-ring (bicyclic) bond motifs is 10. The third-order valence-electron chi connectivity index (χ3n) is 10.1. The van der Waals surface area contributed by atoms with Crippen molar-refractivity contribution in [3.63, 3.8) is 0 Å². The van der Waals surface area contributed by atoms with Gasteiger partial charge in [0.2, 0.25) is 0 Å². The lowest BCUT2D eigenvalue weighted by atomic mass is 9.67. The number of hydrogen-bond acceptors (Lipinski definition) is 2. The van der Waals surface area contributed by atoms with E-state index in [1.807, 2.05) is 6.07 Å². The van der Waals surface area contributed by atoms with Crippen LogP contribution < -0.4 is 0 Å². The number of carbonyl (C=O) groups is 1. The molecule has 7 unspecified atom stereocenters. The van der Waals surface area contributed by atoms with Crippen LogP contribution in [-0.2, 0) is 4.74 Å². The van der Waals surface area contributed by atoms with Crippen molar-refractivity contribution in [2.75, 3.05) is 0 Å². The minimum atomic E-state index is -0.302. The minimum Gasteiger partial charge on any atom is -0.456 e. The molecule has 0 N–H and O–H groups in total. The highest BCUT2D eigenvalue weighted by molar-refractivity contribution is 6.05. The SMILES string of the molecule is CC1(OC(=O)c2cccc3c(C4CC5CC4C4C6C=CC(C6)C54)cccc23)CCCCC1. The number of esters is 1. The van der Waals surface area contributed by atoms with Crippen LogP contribution in [0, 0.1) is 35.5 Å². The average molecular weight is 427 g/mol. The maximum atomic E-state index is 13.3. The smallest absolute Gasteiger partial charge is 0.339 e. The first-order chi connectivity index (χ1) is 15.6. The Bertz CT molecular complexity index is 1110. The zero-order valence-electron chi connectivity index (χ0n) is 19.1. The van der Waals surface area contributed by atoms with Gasteiger partial charge in [0.05, 0.1) is 5.56 Å². The molecule has 2 aromatic carbocycles. The number of ether oxygens (including phenoxy) is 1. The topological polar surface area (TPSA) is 26.3 Å². The number of carbonyl (C=O) groups excluding carboxylic acids is 1. The fourth-order valence-corrected chi connectivity index (χ4v) is 8.89.